The molecule has 1 saturated carbocycles. The number of nitrogens with one attached hydrogen (secondary N) is 1. The predicted molar refractivity (Wildman–Crippen MR) is 86.3 cm³/mol. The first-order chi connectivity index (χ1) is 9.51. The van der Waals surface area contributed by atoms with Crippen molar-refractivity contribution in [2.24, 2.45) is 0 Å². The molecule has 3 N–H and O–H groups in total. The average molecular weight is 295 g/mol. The zero-order valence-corrected chi connectivity index (χ0v) is 13.4. The number of nitrogens with zero attached hydrogens (tertiary/aromatic N) is 1. The van der Waals surface area contributed by atoms with Crippen molar-refractivity contribution < 1.29 is 4.79 Å². The number of carbonyl (C=O) groups is 1. The lowest BCUT2D eigenvalue weighted by Gasteiger charge is -2.28. The third-order valence-corrected chi connectivity index (χ3v) is 5.14. The molecule has 0 saturated heterocycles. The Morgan fingerprint density at radius 2 is 2.05 bits per heavy atom. The van der Waals surface area contributed by atoms with Gasteiger partial charge < -0.3 is 15.6 Å². The minimum Gasteiger partial charge on any atom is -0.397 e. The van der Waals surface area contributed by atoms with Crippen LogP contribution in [0.2, 0.25) is 0 Å². The molecule has 0 spiro atoms. The number of nitrogen functional groups attached to an aromatic ring is 1. The van der Waals surface area contributed by atoms with Gasteiger partial charge in [0.1, 0.15) is 5.69 Å². The number of anilines is 1. The van der Waals surface area contributed by atoms with E-state index in [1.807, 2.05) is 22.5 Å². The van der Waals surface area contributed by atoms with Crippen molar-refractivity contribution in [1.29, 1.82) is 0 Å². The standard InChI is InChI=1S/C15H25N3OS/c1-10(2)18-9-11(16)8-14(18)15(19)17-12-4-6-13(20-3)7-5-12/h8-10,12-13H,4-7,16H2,1-3H3,(H,17,19). The highest BCUT2D eigenvalue weighted by molar-refractivity contribution is 7.99. The van der Waals surface area contributed by atoms with Crippen LogP contribution in [0.1, 0.15) is 56.1 Å². The number of thioether (sulfide) groups is 1. The van der Waals surface area contributed by atoms with Gasteiger partial charge in [-0.2, -0.15) is 11.8 Å². The number of amides is 1. The maximum Gasteiger partial charge on any atom is 0.268 e. The van der Waals surface area contributed by atoms with Crippen LogP contribution in [0.25, 0.3) is 0 Å². The summed E-state index contributed by atoms with van der Waals surface area (Å²) in [5.41, 5.74) is 7.14. The number of hydrogen-bond donors (Lipinski definition) is 2. The smallest absolute Gasteiger partial charge is 0.268 e. The molecule has 0 bridgehead atoms. The van der Waals surface area contributed by atoms with Gasteiger partial charge in [-0.05, 0) is 51.9 Å². The van der Waals surface area contributed by atoms with Gasteiger partial charge in [0.15, 0.2) is 0 Å². The highest BCUT2D eigenvalue weighted by Crippen LogP contribution is 2.27. The first-order valence-electron chi connectivity index (χ1n) is 7.32. The van der Waals surface area contributed by atoms with Crippen molar-refractivity contribution in [1.82, 2.24) is 9.88 Å². The molecule has 2 rings (SSSR count). The topological polar surface area (TPSA) is 60.1 Å². The monoisotopic (exact) mass is 295 g/mol. The van der Waals surface area contributed by atoms with Crippen LogP contribution in [0.5, 0.6) is 0 Å². The van der Waals surface area contributed by atoms with Gasteiger partial charge in [0.05, 0.1) is 5.69 Å². The summed E-state index contributed by atoms with van der Waals surface area (Å²) in [4.78, 5) is 12.4. The Balaban J connectivity index is 1.99. The second-order valence-electron chi connectivity index (χ2n) is 5.84. The molecule has 0 radical (unpaired) electrons. The van der Waals surface area contributed by atoms with Crippen molar-refractivity contribution in [3.63, 3.8) is 0 Å². The van der Waals surface area contributed by atoms with Crippen molar-refractivity contribution in [2.45, 2.75) is 56.9 Å². The zero-order valence-electron chi connectivity index (χ0n) is 12.6. The molecular formula is C15H25N3OS. The third-order valence-electron chi connectivity index (χ3n) is 4.00. The minimum atomic E-state index is 0.00278. The lowest BCUT2D eigenvalue weighted by atomic mass is 9.95. The van der Waals surface area contributed by atoms with E-state index < -0.39 is 0 Å². The summed E-state index contributed by atoms with van der Waals surface area (Å²) < 4.78 is 1.94. The molecule has 20 heavy (non-hydrogen) atoms. The summed E-state index contributed by atoms with van der Waals surface area (Å²) in [5, 5.41) is 3.93. The molecule has 0 unspecified atom stereocenters. The van der Waals surface area contributed by atoms with E-state index in [1.54, 1.807) is 6.07 Å². The largest absolute Gasteiger partial charge is 0.397 e. The molecule has 1 aromatic heterocycles. The van der Waals surface area contributed by atoms with Gasteiger partial charge in [0.2, 0.25) is 0 Å². The molecule has 112 valence electrons. The average Bonchev–Trinajstić information content (AvgIpc) is 2.82. The minimum absolute atomic E-state index is 0.00278. The molecule has 1 aromatic rings. The summed E-state index contributed by atoms with van der Waals surface area (Å²) in [6, 6.07) is 2.31. The Bertz CT molecular complexity index is 462. The molecule has 4 nitrogen and oxygen atoms in total. The van der Waals surface area contributed by atoms with E-state index in [2.05, 4.69) is 25.4 Å². The summed E-state index contributed by atoms with van der Waals surface area (Å²) >= 11 is 1.94. The Hall–Kier alpha value is -1.10. The summed E-state index contributed by atoms with van der Waals surface area (Å²) in [5.74, 6) is 0.00278. The first-order valence-corrected chi connectivity index (χ1v) is 8.61. The van der Waals surface area contributed by atoms with Crippen LogP contribution in [0.3, 0.4) is 0 Å². The molecular weight excluding hydrogens is 270 g/mol. The van der Waals surface area contributed by atoms with E-state index in [4.69, 9.17) is 5.73 Å². The van der Waals surface area contributed by atoms with E-state index in [9.17, 15) is 4.79 Å². The second kappa shape index (κ2) is 6.57. The molecule has 0 atom stereocenters. The Labute approximate surface area is 125 Å². The molecule has 1 aliphatic carbocycles. The summed E-state index contributed by atoms with van der Waals surface area (Å²) in [6.45, 7) is 4.11. The maximum atomic E-state index is 12.4. The van der Waals surface area contributed by atoms with Crippen LogP contribution >= 0.6 is 11.8 Å². The molecule has 1 heterocycles. The lowest BCUT2D eigenvalue weighted by Crippen LogP contribution is -2.39. The normalized spacial score (nSPS) is 23.0. The number of hydrogen-bond acceptors (Lipinski definition) is 3. The molecule has 0 aromatic carbocycles. The number of rotatable bonds is 4. The molecule has 1 aliphatic rings. The summed E-state index contributed by atoms with van der Waals surface area (Å²) in [7, 11) is 0. The van der Waals surface area contributed by atoms with Crippen LogP contribution in [-0.2, 0) is 0 Å². The van der Waals surface area contributed by atoms with Gasteiger partial charge in [0, 0.05) is 23.5 Å². The second-order valence-corrected chi connectivity index (χ2v) is 6.98. The molecule has 5 heteroatoms. The van der Waals surface area contributed by atoms with E-state index in [0.29, 0.717) is 17.4 Å². The van der Waals surface area contributed by atoms with Gasteiger partial charge in [-0.25, -0.2) is 0 Å². The Morgan fingerprint density at radius 1 is 1.40 bits per heavy atom. The Morgan fingerprint density at radius 3 is 2.60 bits per heavy atom. The van der Waals surface area contributed by atoms with E-state index in [-0.39, 0.29) is 11.9 Å². The van der Waals surface area contributed by atoms with Gasteiger partial charge in [0.25, 0.3) is 5.91 Å². The van der Waals surface area contributed by atoms with Crippen LogP contribution in [-0.4, -0.2) is 28.0 Å². The molecule has 1 amide bonds. The quantitative estimate of drug-likeness (QED) is 0.897. The van der Waals surface area contributed by atoms with Crippen LogP contribution in [0.4, 0.5) is 5.69 Å². The Kier molecular flexibility index (Phi) is 5.02. The fourth-order valence-electron chi connectivity index (χ4n) is 2.81. The SMILES string of the molecule is CSC1CCC(NC(=O)c2cc(N)cn2C(C)C)CC1. The fraction of sp³-hybridized carbons (Fsp3) is 0.667. The molecule has 1 fully saturated rings. The highest BCUT2D eigenvalue weighted by Gasteiger charge is 2.23. The van der Waals surface area contributed by atoms with Gasteiger partial charge in [-0.3, -0.25) is 4.79 Å². The lowest BCUT2D eigenvalue weighted by molar-refractivity contribution is 0.0917. The molecule has 0 aliphatic heterocycles. The first kappa shape index (κ1) is 15.3. The van der Waals surface area contributed by atoms with Crippen LogP contribution in [0, 0.1) is 0 Å². The van der Waals surface area contributed by atoms with Crippen LogP contribution < -0.4 is 11.1 Å². The van der Waals surface area contributed by atoms with Crippen LogP contribution in [0.15, 0.2) is 12.3 Å². The van der Waals surface area contributed by atoms with Crippen molar-refractivity contribution >= 4 is 23.4 Å². The van der Waals surface area contributed by atoms with Gasteiger partial charge in [-0.1, -0.05) is 0 Å². The van der Waals surface area contributed by atoms with E-state index in [1.165, 1.54) is 12.8 Å². The summed E-state index contributed by atoms with van der Waals surface area (Å²) in [6.07, 6.45) is 8.55. The van der Waals surface area contributed by atoms with E-state index >= 15 is 0 Å². The van der Waals surface area contributed by atoms with Gasteiger partial charge >= 0.3 is 0 Å². The van der Waals surface area contributed by atoms with Gasteiger partial charge in [-0.15, -0.1) is 0 Å². The number of carbonyl (C=O) groups excluding carboxylic acids is 1. The highest BCUT2D eigenvalue weighted by atomic mass is 32.2. The number of aromatic nitrogens is 1. The third kappa shape index (κ3) is 3.51. The van der Waals surface area contributed by atoms with E-state index in [0.717, 1.165) is 18.1 Å². The van der Waals surface area contributed by atoms with Crippen molar-refractivity contribution in [3.05, 3.63) is 18.0 Å². The fourth-order valence-corrected chi connectivity index (χ4v) is 3.56. The van der Waals surface area contributed by atoms with Crippen molar-refractivity contribution in [3.8, 4) is 0 Å². The number of nitrogens with two attached hydrogens (primary N) is 1. The van der Waals surface area contributed by atoms with Crippen molar-refractivity contribution in [2.75, 3.05) is 12.0 Å². The maximum absolute atomic E-state index is 12.4. The predicted octanol–water partition coefficient (Wildman–Crippen LogP) is 3.06. The zero-order chi connectivity index (χ0) is 14.7.